The van der Waals surface area contributed by atoms with Gasteiger partial charge < -0.3 is 5.11 Å². The van der Waals surface area contributed by atoms with Crippen molar-refractivity contribution in [3.63, 3.8) is 0 Å². The monoisotopic (exact) mass is 327 g/mol. The maximum atomic E-state index is 9.91. The highest BCUT2D eigenvalue weighted by Gasteiger charge is 2.34. The zero-order valence-corrected chi connectivity index (χ0v) is 15.8. The lowest BCUT2D eigenvalue weighted by molar-refractivity contribution is 0.0812. The number of hydrogen-bond acceptors (Lipinski definition) is 2. The fourth-order valence-electron chi connectivity index (χ4n) is 4.62. The fraction of sp³-hybridized carbons (Fsp3) is 0.636. The van der Waals surface area contributed by atoms with Crippen LogP contribution in [-0.4, -0.2) is 29.1 Å². The molecule has 24 heavy (non-hydrogen) atoms. The maximum absolute atomic E-state index is 9.91. The number of aryl methyl sites for hydroxylation is 1. The molecule has 1 saturated heterocycles. The van der Waals surface area contributed by atoms with Crippen molar-refractivity contribution in [1.29, 1.82) is 0 Å². The smallest absolute Gasteiger partial charge is 0.116 e. The SMILES string of the molecule is CCC(C)CC1CC2C=C(c3cc(O)ccc3C)CCN(C1)C2C. The van der Waals surface area contributed by atoms with Crippen molar-refractivity contribution in [3.05, 3.63) is 35.4 Å². The fourth-order valence-corrected chi connectivity index (χ4v) is 4.62. The van der Waals surface area contributed by atoms with Crippen LogP contribution in [0.15, 0.2) is 24.3 Å². The van der Waals surface area contributed by atoms with Gasteiger partial charge in [-0.2, -0.15) is 0 Å². The number of rotatable bonds is 4. The normalized spacial score (nSPS) is 31.2. The molecule has 2 aliphatic heterocycles. The van der Waals surface area contributed by atoms with Crippen molar-refractivity contribution in [2.24, 2.45) is 17.8 Å². The van der Waals surface area contributed by atoms with E-state index in [0.717, 1.165) is 24.8 Å². The zero-order chi connectivity index (χ0) is 17.3. The Balaban J connectivity index is 1.85. The Morgan fingerprint density at radius 3 is 2.88 bits per heavy atom. The van der Waals surface area contributed by atoms with Gasteiger partial charge in [-0.25, -0.2) is 0 Å². The van der Waals surface area contributed by atoms with Crippen molar-refractivity contribution in [1.82, 2.24) is 4.90 Å². The molecule has 2 bridgehead atoms. The summed E-state index contributed by atoms with van der Waals surface area (Å²) in [7, 11) is 0. The van der Waals surface area contributed by atoms with Crippen LogP contribution in [0.2, 0.25) is 0 Å². The Bertz CT molecular complexity index is 606. The molecule has 2 aliphatic rings. The first-order valence-corrected chi connectivity index (χ1v) is 9.72. The zero-order valence-electron chi connectivity index (χ0n) is 15.8. The lowest BCUT2D eigenvalue weighted by Crippen LogP contribution is -2.46. The molecule has 132 valence electrons. The summed E-state index contributed by atoms with van der Waals surface area (Å²) >= 11 is 0. The standard InChI is InChI=1S/C22H33NO/c1-5-15(2)10-18-11-20-12-19(8-9-23(14-18)17(20)4)22-13-21(24)7-6-16(22)3/h6-7,12-13,15,17-18,20,24H,5,8-11,14H2,1-4H3. The van der Waals surface area contributed by atoms with E-state index in [1.165, 1.54) is 42.5 Å². The van der Waals surface area contributed by atoms with Gasteiger partial charge in [-0.1, -0.05) is 32.4 Å². The van der Waals surface area contributed by atoms with E-state index in [-0.39, 0.29) is 0 Å². The van der Waals surface area contributed by atoms with Gasteiger partial charge in [0.15, 0.2) is 0 Å². The quantitative estimate of drug-likeness (QED) is 0.816. The van der Waals surface area contributed by atoms with Crippen molar-refractivity contribution < 1.29 is 5.11 Å². The first-order chi connectivity index (χ1) is 11.5. The van der Waals surface area contributed by atoms with Crippen molar-refractivity contribution in [2.45, 2.75) is 59.4 Å². The molecular formula is C22H33NO. The summed E-state index contributed by atoms with van der Waals surface area (Å²) in [5.74, 6) is 2.70. The highest BCUT2D eigenvalue weighted by Crippen LogP contribution is 2.38. The van der Waals surface area contributed by atoms with Crippen molar-refractivity contribution in [2.75, 3.05) is 13.1 Å². The molecular weight excluding hydrogens is 294 g/mol. The van der Waals surface area contributed by atoms with E-state index >= 15 is 0 Å². The predicted octanol–water partition coefficient (Wildman–Crippen LogP) is 5.25. The Kier molecular flexibility index (Phi) is 5.34. The van der Waals surface area contributed by atoms with Crippen LogP contribution in [0.4, 0.5) is 0 Å². The second-order valence-corrected chi connectivity index (χ2v) is 8.19. The lowest BCUT2D eigenvalue weighted by atomic mass is 9.79. The highest BCUT2D eigenvalue weighted by atomic mass is 16.3. The Labute approximate surface area is 147 Å². The molecule has 1 aromatic carbocycles. The summed E-state index contributed by atoms with van der Waals surface area (Å²) in [4.78, 5) is 2.71. The van der Waals surface area contributed by atoms with Gasteiger partial charge in [0.2, 0.25) is 0 Å². The molecule has 2 heterocycles. The molecule has 1 N–H and O–H groups in total. The van der Waals surface area contributed by atoms with Gasteiger partial charge in [0, 0.05) is 19.1 Å². The number of phenolic OH excluding ortho intramolecular Hbond substituents is 1. The molecule has 0 saturated carbocycles. The Morgan fingerprint density at radius 1 is 1.33 bits per heavy atom. The highest BCUT2D eigenvalue weighted by molar-refractivity contribution is 5.70. The molecule has 0 spiro atoms. The minimum absolute atomic E-state index is 0.381. The van der Waals surface area contributed by atoms with E-state index in [4.69, 9.17) is 0 Å². The maximum Gasteiger partial charge on any atom is 0.116 e. The molecule has 2 nitrogen and oxygen atoms in total. The molecule has 1 aromatic rings. The van der Waals surface area contributed by atoms with E-state index in [1.807, 2.05) is 12.1 Å². The topological polar surface area (TPSA) is 23.5 Å². The predicted molar refractivity (Wildman–Crippen MR) is 102 cm³/mol. The summed E-state index contributed by atoms with van der Waals surface area (Å²) in [6.45, 7) is 11.7. The number of hydrogen-bond donors (Lipinski definition) is 1. The summed E-state index contributed by atoms with van der Waals surface area (Å²) in [6.07, 6.45) is 7.62. The van der Waals surface area contributed by atoms with Gasteiger partial charge >= 0.3 is 0 Å². The lowest BCUT2D eigenvalue weighted by Gasteiger charge is -2.42. The molecule has 2 heteroatoms. The number of benzene rings is 1. The van der Waals surface area contributed by atoms with Gasteiger partial charge in [0.05, 0.1) is 0 Å². The molecule has 0 aromatic heterocycles. The largest absolute Gasteiger partial charge is 0.508 e. The first kappa shape index (κ1) is 17.5. The van der Waals surface area contributed by atoms with E-state index in [9.17, 15) is 5.11 Å². The van der Waals surface area contributed by atoms with Gasteiger partial charge in [-0.15, -0.1) is 0 Å². The number of phenols is 1. The Hall–Kier alpha value is -1.28. The molecule has 5 atom stereocenters. The van der Waals surface area contributed by atoms with E-state index in [1.54, 1.807) is 6.07 Å². The van der Waals surface area contributed by atoms with Crippen LogP contribution in [0.3, 0.4) is 0 Å². The molecule has 0 aliphatic carbocycles. The second-order valence-electron chi connectivity index (χ2n) is 8.19. The number of aromatic hydroxyl groups is 1. The summed E-state index contributed by atoms with van der Waals surface area (Å²) in [5.41, 5.74) is 3.95. The minimum Gasteiger partial charge on any atom is -0.508 e. The van der Waals surface area contributed by atoms with E-state index < -0.39 is 0 Å². The summed E-state index contributed by atoms with van der Waals surface area (Å²) in [6, 6.07) is 6.43. The molecule has 0 radical (unpaired) electrons. The van der Waals surface area contributed by atoms with Gasteiger partial charge in [0.25, 0.3) is 0 Å². The van der Waals surface area contributed by atoms with E-state index in [2.05, 4.69) is 38.7 Å². The van der Waals surface area contributed by atoms with Gasteiger partial charge in [-0.05, 0) is 79.7 Å². The number of nitrogens with zero attached hydrogens (tertiary/aromatic N) is 1. The first-order valence-electron chi connectivity index (χ1n) is 9.72. The van der Waals surface area contributed by atoms with Crippen molar-refractivity contribution >= 4 is 5.57 Å². The van der Waals surface area contributed by atoms with Crippen LogP contribution >= 0.6 is 0 Å². The molecule has 3 rings (SSSR count). The van der Waals surface area contributed by atoms with Crippen LogP contribution in [0.5, 0.6) is 5.75 Å². The minimum atomic E-state index is 0.381. The third kappa shape index (κ3) is 3.69. The van der Waals surface area contributed by atoms with Crippen molar-refractivity contribution in [3.8, 4) is 5.75 Å². The molecule has 5 unspecified atom stereocenters. The average Bonchev–Trinajstić information content (AvgIpc) is 2.65. The Morgan fingerprint density at radius 2 is 2.12 bits per heavy atom. The summed E-state index contributed by atoms with van der Waals surface area (Å²) in [5, 5.41) is 9.91. The van der Waals surface area contributed by atoms with Gasteiger partial charge in [-0.3, -0.25) is 4.90 Å². The van der Waals surface area contributed by atoms with Crippen LogP contribution in [-0.2, 0) is 0 Å². The molecule has 0 amide bonds. The van der Waals surface area contributed by atoms with Gasteiger partial charge in [0.1, 0.15) is 5.75 Å². The van der Waals surface area contributed by atoms with Crippen LogP contribution in [0, 0.1) is 24.7 Å². The number of fused-ring (bicyclic) bond motifs is 2. The summed E-state index contributed by atoms with van der Waals surface area (Å²) < 4.78 is 0. The van der Waals surface area contributed by atoms with E-state index in [0.29, 0.717) is 17.7 Å². The van der Waals surface area contributed by atoms with Crippen LogP contribution in [0.1, 0.15) is 57.6 Å². The average molecular weight is 328 g/mol. The van der Waals surface area contributed by atoms with Crippen LogP contribution in [0.25, 0.3) is 5.57 Å². The molecule has 1 fully saturated rings. The second kappa shape index (κ2) is 7.31. The van der Waals surface area contributed by atoms with Crippen LogP contribution < -0.4 is 0 Å². The number of piperidine rings is 1. The third-order valence-corrected chi connectivity index (χ3v) is 6.38. The third-order valence-electron chi connectivity index (χ3n) is 6.38.